The molecule has 2 amide bonds. The molecule has 0 aliphatic heterocycles. The molecule has 0 bridgehead atoms. The van der Waals surface area contributed by atoms with Gasteiger partial charge in [0.15, 0.2) is 0 Å². The Hall–Kier alpha value is -2.88. The van der Waals surface area contributed by atoms with E-state index in [0.717, 1.165) is 5.56 Å². The van der Waals surface area contributed by atoms with Crippen molar-refractivity contribution < 1.29 is 9.59 Å². The number of hydrogen-bond donors (Lipinski definition) is 2. The Balaban J connectivity index is 1.93. The Bertz CT molecular complexity index is 688. The minimum absolute atomic E-state index is 0.163. The van der Waals surface area contributed by atoms with Crippen LogP contribution in [0, 0.1) is 6.92 Å². The number of carbonyl (C=O) groups is 2. The summed E-state index contributed by atoms with van der Waals surface area (Å²) in [5.41, 5.74) is 3.27. The molecule has 0 atom stereocenters. The first-order valence-corrected chi connectivity index (χ1v) is 7.43. The molecule has 0 aliphatic rings. The van der Waals surface area contributed by atoms with Crippen molar-refractivity contribution in [1.82, 2.24) is 10.6 Å². The number of rotatable bonds is 6. The van der Waals surface area contributed by atoms with Crippen LogP contribution in [-0.2, 0) is 6.54 Å². The van der Waals surface area contributed by atoms with Crippen molar-refractivity contribution >= 4 is 11.8 Å². The highest BCUT2D eigenvalue weighted by atomic mass is 16.2. The van der Waals surface area contributed by atoms with Gasteiger partial charge in [0.05, 0.1) is 0 Å². The molecule has 4 nitrogen and oxygen atoms in total. The van der Waals surface area contributed by atoms with Crippen LogP contribution in [-0.4, -0.2) is 18.4 Å². The van der Waals surface area contributed by atoms with Gasteiger partial charge in [-0.2, -0.15) is 0 Å². The lowest BCUT2D eigenvalue weighted by Crippen LogP contribution is -2.24. The number of carbonyl (C=O) groups excluding carboxylic acids is 2. The Morgan fingerprint density at radius 2 is 1.43 bits per heavy atom. The average Bonchev–Trinajstić information content (AvgIpc) is 2.59. The molecular weight excluding hydrogens is 288 g/mol. The summed E-state index contributed by atoms with van der Waals surface area (Å²) in [7, 11) is 0. The van der Waals surface area contributed by atoms with E-state index in [0.29, 0.717) is 24.2 Å². The van der Waals surface area contributed by atoms with Gasteiger partial charge in [0, 0.05) is 24.2 Å². The summed E-state index contributed by atoms with van der Waals surface area (Å²) in [6.07, 6.45) is 1.62. The lowest BCUT2D eigenvalue weighted by molar-refractivity contribution is 0.0942. The topological polar surface area (TPSA) is 58.2 Å². The van der Waals surface area contributed by atoms with Crippen molar-refractivity contribution in [1.29, 1.82) is 0 Å². The van der Waals surface area contributed by atoms with E-state index < -0.39 is 0 Å². The van der Waals surface area contributed by atoms with Crippen LogP contribution in [0.2, 0.25) is 0 Å². The van der Waals surface area contributed by atoms with Gasteiger partial charge in [-0.1, -0.05) is 35.9 Å². The van der Waals surface area contributed by atoms with Crippen molar-refractivity contribution in [2.75, 3.05) is 6.54 Å². The third kappa shape index (κ3) is 4.81. The van der Waals surface area contributed by atoms with Crippen molar-refractivity contribution in [2.45, 2.75) is 13.5 Å². The third-order valence-electron chi connectivity index (χ3n) is 3.39. The Morgan fingerprint density at radius 3 is 1.96 bits per heavy atom. The van der Waals surface area contributed by atoms with Gasteiger partial charge >= 0.3 is 0 Å². The molecule has 4 heteroatoms. The predicted octanol–water partition coefficient (Wildman–Crippen LogP) is 2.84. The van der Waals surface area contributed by atoms with E-state index in [-0.39, 0.29) is 11.8 Å². The maximum absolute atomic E-state index is 12.1. The van der Waals surface area contributed by atoms with E-state index >= 15 is 0 Å². The largest absolute Gasteiger partial charge is 0.349 e. The summed E-state index contributed by atoms with van der Waals surface area (Å²) >= 11 is 0. The molecule has 0 fully saturated rings. The van der Waals surface area contributed by atoms with Gasteiger partial charge < -0.3 is 10.6 Å². The van der Waals surface area contributed by atoms with Gasteiger partial charge in [-0.3, -0.25) is 9.59 Å². The smallest absolute Gasteiger partial charge is 0.251 e. The number of hydrogen-bond acceptors (Lipinski definition) is 2. The van der Waals surface area contributed by atoms with Crippen LogP contribution < -0.4 is 10.6 Å². The highest BCUT2D eigenvalue weighted by molar-refractivity contribution is 5.97. The van der Waals surface area contributed by atoms with Crippen LogP contribution in [0.15, 0.2) is 61.2 Å². The second-order valence-corrected chi connectivity index (χ2v) is 5.24. The molecule has 2 rings (SSSR count). The summed E-state index contributed by atoms with van der Waals surface area (Å²) in [4.78, 5) is 23.9. The summed E-state index contributed by atoms with van der Waals surface area (Å²) in [6.45, 7) is 6.46. The molecule has 0 aliphatic carbocycles. The normalized spacial score (nSPS) is 9.96. The van der Waals surface area contributed by atoms with Crippen LogP contribution in [0.3, 0.4) is 0 Å². The maximum atomic E-state index is 12.1. The third-order valence-corrected chi connectivity index (χ3v) is 3.39. The van der Waals surface area contributed by atoms with Crippen molar-refractivity contribution in [3.05, 3.63) is 83.4 Å². The maximum Gasteiger partial charge on any atom is 0.251 e. The van der Waals surface area contributed by atoms with Crippen molar-refractivity contribution in [3.8, 4) is 0 Å². The van der Waals surface area contributed by atoms with Gasteiger partial charge in [-0.25, -0.2) is 0 Å². The minimum atomic E-state index is -0.184. The Kier molecular flexibility index (Phi) is 5.69. The molecule has 2 aromatic rings. The summed E-state index contributed by atoms with van der Waals surface area (Å²) < 4.78 is 0. The molecule has 2 aromatic carbocycles. The first kappa shape index (κ1) is 16.5. The van der Waals surface area contributed by atoms with Crippen LogP contribution in [0.1, 0.15) is 31.8 Å². The standard InChI is InChI=1S/C19H20N2O2/c1-3-12-20-18(22)16-8-10-17(11-9-16)19(23)21-13-15-6-4-14(2)5-7-15/h3-11H,1,12-13H2,2H3,(H,20,22)(H,21,23). The van der Waals surface area contributed by atoms with Crippen LogP contribution >= 0.6 is 0 Å². The molecular formula is C19H20N2O2. The van der Waals surface area contributed by atoms with E-state index in [2.05, 4.69) is 17.2 Å². The zero-order valence-electron chi connectivity index (χ0n) is 13.1. The second kappa shape index (κ2) is 7.94. The highest BCUT2D eigenvalue weighted by Gasteiger charge is 2.08. The van der Waals surface area contributed by atoms with Gasteiger partial charge in [0.1, 0.15) is 0 Å². The quantitative estimate of drug-likeness (QED) is 0.806. The average molecular weight is 308 g/mol. The zero-order chi connectivity index (χ0) is 16.7. The number of amides is 2. The minimum Gasteiger partial charge on any atom is -0.349 e. The molecule has 0 unspecified atom stereocenters. The van der Waals surface area contributed by atoms with Crippen LogP contribution in [0.5, 0.6) is 0 Å². The number of aryl methyl sites for hydroxylation is 1. The predicted molar refractivity (Wildman–Crippen MR) is 91.3 cm³/mol. The van der Waals surface area contributed by atoms with Crippen LogP contribution in [0.4, 0.5) is 0 Å². The van der Waals surface area contributed by atoms with E-state index in [1.807, 2.05) is 31.2 Å². The van der Waals surface area contributed by atoms with Gasteiger partial charge in [0.25, 0.3) is 11.8 Å². The summed E-state index contributed by atoms with van der Waals surface area (Å²) in [5, 5.41) is 5.56. The fourth-order valence-electron chi connectivity index (χ4n) is 2.03. The van der Waals surface area contributed by atoms with Crippen molar-refractivity contribution in [2.24, 2.45) is 0 Å². The molecule has 0 radical (unpaired) electrons. The Labute approximate surface area is 136 Å². The van der Waals surface area contributed by atoms with Gasteiger partial charge in [-0.15, -0.1) is 6.58 Å². The second-order valence-electron chi connectivity index (χ2n) is 5.24. The first-order chi connectivity index (χ1) is 11.1. The lowest BCUT2D eigenvalue weighted by Gasteiger charge is -2.07. The molecule has 0 heterocycles. The molecule has 0 saturated carbocycles. The SMILES string of the molecule is C=CCNC(=O)c1ccc(C(=O)NCc2ccc(C)cc2)cc1. The van der Waals surface area contributed by atoms with E-state index in [1.54, 1.807) is 30.3 Å². The first-order valence-electron chi connectivity index (χ1n) is 7.43. The molecule has 23 heavy (non-hydrogen) atoms. The molecule has 0 saturated heterocycles. The number of benzene rings is 2. The molecule has 0 spiro atoms. The molecule has 2 N–H and O–H groups in total. The molecule has 0 aromatic heterocycles. The fourth-order valence-corrected chi connectivity index (χ4v) is 2.03. The monoisotopic (exact) mass is 308 g/mol. The van der Waals surface area contributed by atoms with Gasteiger partial charge in [-0.05, 0) is 36.8 Å². The fraction of sp³-hybridized carbons (Fsp3) is 0.158. The lowest BCUT2D eigenvalue weighted by atomic mass is 10.1. The number of nitrogens with one attached hydrogen (secondary N) is 2. The van der Waals surface area contributed by atoms with E-state index in [4.69, 9.17) is 0 Å². The molecule has 118 valence electrons. The van der Waals surface area contributed by atoms with E-state index in [9.17, 15) is 9.59 Å². The Morgan fingerprint density at radius 1 is 0.913 bits per heavy atom. The van der Waals surface area contributed by atoms with Crippen molar-refractivity contribution in [3.63, 3.8) is 0 Å². The highest BCUT2D eigenvalue weighted by Crippen LogP contribution is 2.06. The summed E-state index contributed by atoms with van der Waals surface area (Å²) in [5.74, 6) is -0.347. The van der Waals surface area contributed by atoms with E-state index in [1.165, 1.54) is 5.56 Å². The van der Waals surface area contributed by atoms with Crippen LogP contribution in [0.25, 0.3) is 0 Å². The summed E-state index contributed by atoms with van der Waals surface area (Å²) in [6, 6.07) is 14.6. The van der Waals surface area contributed by atoms with Gasteiger partial charge in [0.2, 0.25) is 0 Å². The zero-order valence-corrected chi connectivity index (χ0v) is 13.1.